The number of nitriles is 2. The van der Waals surface area contributed by atoms with Crippen molar-refractivity contribution in [1.29, 1.82) is 10.5 Å². The SMILES string of the molecule is CCC(C#N)[Si](C)(O[Si](C)(C)C)C(C#N)CC. The molecule has 2 unspecified atom stereocenters. The minimum absolute atomic E-state index is 0.0844. The van der Waals surface area contributed by atoms with E-state index in [1.807, 2.05) is 13.8 Å². The highest BCUT2D eigenvalue weighted by Gasteiger charge is 2.47. The van der Waals surface area contributed by atoms with Crippen LogP contribution in [-0.2, 0) is 4.12 Å². The highest BCUT2D eigenvalue weighted by Crippen LogP contribution is 2.39. The van der Waals surface area contributed by atoms with Crippen LogP contribution in [0.4, 0.5) is 0 Å². The van der Waals surface area contributed by atoms with Crippen molar-refractivity contribution in [1.82, 2.24) is 0 Å². The molecule has 0 bridgehead atoms. The normalized spacial score (nSPS) is 18.6. The summed E-state index contributed by atoms with van der Waals surface area (Å²) in [7, 11) is -4.03. The van der Waals surface area contributed by atoms with Gasteiger partial charge in [0.25, 0.3) is 0 Å². The van der Waals surface area contributed by atoms with Crippen molar-refractivity contribution >= 4 is 16.6 Å². The Morgan fingerprint density at radius 2 is 1.29 bits per heavy atom. The molecular formula is C12H24N2OSi2. The summed E-state index contributed by atoms with van der Waals surface area (Å²) in [4.78, 5) is 0. The molecule has 0 saturated carbocycles. The van der Waals surface area contributed by atoms with E-state index in [1.165, 1.54) is 0 Å². The number of rotatable bonds is 6. The van der Waals surface area contributed by atoms with E-state index in [0.29, 0.717) is 0 Å². The third kappa shape index (κ3) is 4.27. The maximum absolute atomic E-state index is 9.31. The molecule has 0 aromatic heterocycles. The summed E-state index contributed by atoms with van der Waals surface area (Å²) in [5, 5.41) is 18.6. The van der Waals surface area contributed by atoms with Gasteiger partial charge in [0.15, 0.2) is 8.32 Å². The fourth-order valence-electron chi connectivity index (χ4n) is 2.29. The zero-order valence-corrected chi connectivity index (χ0v) is 13.9. The molecule has 0 N–H and O–H groups in total. The Balaban J connectivity index is 5.36. The van der Waals surface area contributed by atoms with Gasteiger partial charge in [-0.2, -0.15) is 10.5 Å². The van der Waals surface area contributed by atoms with Crippen LogP contribution in [0.15, 0.2) is 0 Å². The summed E-state index contributed by atoms with van der Waals surface area (Å²) in [6, 6.07) is 4.74. The highest BCUT2D eigenvalue weighted by atomic mass is 28.4. The molecule has 2 atom stereocenters. The van der Waals surface area contributed by atoms with E-state index in [4.69, 9.17) is 4.12 Å². The van der Waals surface area contributed by atoms with Gasteiger partial charge >= 0.3 is 0 Å². The van der Waals surface area contributed by atoms with Crippen LogP contribution in [-0.4, -0.2) is 16.6 Å². The van der Waals surface area contributed by atoms with E-state index in [1.54, 1.807) is 0 Å². The predicted molar refractivity (Wildman–Crippen MR) is 75.4 cm³/mol. The summed E-state index contributed by atoms with van der Waals surface area (Å²) < 4.78 is 6.35. The Kier molecular flexibility index (Phi) is 6.11. The molecule has 0 spiro atoms. The number of hydrogen-bond acceptors (Lipinski definition) is 3. The average molecular weight is 269 g/mol. The molecule has 0 aliphatic heterocycles. The minimum Gasteiger partial charge on any atom is -0.454 e. The monoisotopic (exact) mass is 268 g/mol. The van der Waals surface area contributed by atoms with Crippen molar-refractivity contribution in [2.24, 2.45) is 0 Å². The van der Waals surface area contributed by atoms with Crippen molar-refractivity contribution in [2.75, 3.05) is 0 Å². The second kappa shape index (κ2) is 6.35. The van der Waals surface area contributed by atoms with E-state index < -0.39 is 16.6 Å². The molecule has 5 heteroatoms. The van der Waals surface area contributed by atoms with E-state index >= 15 is 0 Å². The third-order valence-corrected chi connectivity index (χ3v) is 11.1. The van der Waals surface area contributed by atoms with Gasteiger partial charge in [-0.05, 0) is 39.0 Å². The van der Waals surface area contributed by atoms with Crippen LogP contribution in [0.25, 0.3) is 0 Å². The van der Waals surface area contributed by atoms with Gasteiger partial charge in [-0.3, -0.25) is 0 Å². The topological polar surface area (TPSA) is 56.8 Å². The van der Waals surface area contributed by atoms with Gasteiger partial charge < -0.3 is 4.12 Å². The van der Waals surface area contributed by atoms with Gasteiger partial charge in [0.2, 0.25) is 8.32 Å². The summed E-state index contributed by atoms with van der Waals surface area (Å²) >= 11 is 0. The van der Waals surface area contributed by atoms with Gasteiger partial charge in [-0.15, -0.1) is 0 Å². The van der Waals surface area contributed by atoms with E-state index in [9.17, 15) is 10.5 Å². The van der Waals surface area contributed by atoms with Crippen LogP contribution in [0.2, 0.25) is 37.3 Å². The molecule has 0 aliphatic carbocycles. The molecule has 96 valence electrons. The van der Waals surface area contributed by atoms with Crippen molar-refractivity contribution in [3.63, 3.8) is 0 Å². The Morgan fingerprint density at radius 3 is 1.47 bits per heavy atom. The van der Waals surface area contributed by atoms with Crippen molar-refractivity contribution in [3.05, 3.63) is 0 Å². The van der Waals surface area contributed by atoms with Gasteiger partial charge in [-0.25, -0.2) is 0 Å². The highest BCUT2D eigenvalue weighted by molar-refractivity contribution is 6.87. The Labute approximate surface area is 108 Å². The molecule has 0 rings (SSSR count). The lowest BCUT2D eigenvalue weighted by atomic mass is 10.3. The second-order valence-electron chi connectivity index (χ2n) is 5.58. The largest absolute Gasteiger partial charge is 0.454 e. The number of nitrogens with zero attached hydrogens (tertiary/aromatic N) is 2. The predicted octanol–water partition coefficient (Wildman–Crippen LogP) is 4.02. The first kappa shape index (κ1) is 16.4. The lowest BCUT2D eigenvalue weighted by Crippen LogP contribution is -2.51. The molecule has 0 amide bonds. The van der Waals surface area contributed by atoms with Crippen LogP contribution >= 0.6 is 0 Å². The molecule has 0 heterocycles. The second-order valence-corrected chi connectivity index (χ2v) is 14.4. The first-order valence-electron chi connectivity index (χ1n) is 6.24. The van der Waals surface area contributed by atoms with Crippen LogP contribution in [0.1, 0.15) is 26.7 Å². The maximum Gasteiger partial charge on any atom is 0.211 e. The molecular weight excluding hydrogens is 244 g/mol. The molecule has 0 aromatic carbocycles. The van der Waals surface area contributed by atoms with Crippen LogP contribution in [0, 0.1) is 22.7 Å². The van der Waals surface area contributed by atoms with E-state index in [0.717, 1.165) is 12.8 Å². The van der Waals surface area contributed by atoms with Crippen LogP contribution < -0.4 is 0 Å². The van der Waals surface area contributed by atoms with Gasteiger partial charge in [0.1, 0.15) is 0 Å². The standard InChI is InChI=1S/C12H24N2OSi2/c1-7-11(9-13)17(6,12(8-2)10-14)15-16(3,4)5/h11-12H,7-8H2,1-6H3. The Bertz CT molecular complexity index is 303. The van der Waals surface area contributed by atoms with Crippen molar-refractivity contribution in [3.8, 4) is 12.1 Å². The summed E-state index contributed by atoms with van der Waals surface area (Å²) in [6.45, 7) is 12.5. The fraction of sp³-hybridized carbons (Fsp3) is 0.833. The van der Waals surface area contributed by atoms with Gasteiger partial charge in [-0.1, -0.05) is 13.8 Å². The molecule has 3 nitrogen and oxygen atoms in total. The quantitative estimate of drug-likeness (QED) is 0.684. The average Bonchev–Trinajstić information content (AvgIpc) is 2.18. The Morgan fingerprint density at radius 1 is 0.941 bits per heavy atom. The number of hydrogen-bond donors (Lipinski definition) is 0. The molecule has 0 saturated heterocycles. The maximum atomic E-state index is 9.31. The molecule has 0 radical (unpaired) electrons. The lowest BCUT2D eigenvalue weighted by Gasteiger charge is -2.39. The van der Waals surface area contributed by atoms with Crippen LogP contribution in [0.5, 0.6) is 0 Å². The molecule has 0 fully saturated rings. The van der Waals surface area contributed by atoms with Crippen LogP contribution in [0.3, 0.4) is 0 Å². The van der Waals surface area contributed by atoms with Crippen molar-refractivity contribution < 1.29 is 4.12 Å². The first-order chi connectivity index (χ1) is 7.75. The zero-order valence-electron chi connectivity index (χ0n) is 11.9. The summed E-state index contributed by atoms with van der Waals surface area (Å²) in [5.41, 5.74) is -0.169. The van der Waals surface area contributed by atoms with Crippen molar-refractivity contribution in [2.45, 2.75) is 64.0 Å². The first-order valence-corrected chi connectivity index (χ1v) is 12.2. The fourth-order valence-corrected chi connectivity index (χ4v) is 11.3. The zero-order chi connectivity index (χ0) is 13.7. The van der Waals surface area contributed by atoms with Gasteiger partial charge in [0.05, 0.1) is 23.2 Å². The molecule has 0 aliphatic rings. The summed E-state index contributed by atoms with van der Waals surface area (Å²) in [6.07, 6.45) is 1.56. The summed E-state index contributed by atoms with van der Waals surface area (Å²) in [5.74, 6) is 0. The smallest absolute Gasteiger partial charge is 0.211 e. The lowest BCUT2D eigenvalue weighted by molar-refractivity contribution is 0.508. The molecule has 0 aromatic rings. The van der Waals surface area contributed by atoms with E-state index in [2.05, 4.69) is 38.3 Å². The third-order valence-electron chi connectivity index (χ3n) is 3.04. The molecule has 17 heavy (non-hydrogen) atoms. The van der Waals surface area contributed by atoms with Gasteiger partial charge in [0, 0.05) is 0 Å². The minimum atomic E-state index is -2.30. The van der Waals surface area contributed by atoms with E-state index in [-0.39, 0.29) is 11.1 Å². The Hall–Kier alpha value is -0.626.